The van der Waals surface area contributed by atoms with E-state index in [-0.39, 0.29) is 12.3 Å². The number of phosphoric ester groups is 1. The SMILES string of the molecule is CCCCCCCCCCCCCCCCCCCCCCCCCCCCCCCCCCCCCCC(=O)N[C@@H](COP(=O)(O)OC1C(O)C(O)C(O)[C@@H](O)C1O)[C@H](O)CCCCCCCCCCCCCCCCCCC. The van der Waals surface area contributed by atoms with E-state index in [2.05, 4.69) is 19.2 Å². The Balaban J connectivity index is 2.14. The van der Waals surface area contributed by atoms with Crippen molar-refractivity contribution in [2.75, 3.05) is 6.61 Å². The summed E-state index contributed by atoms with van der Waals surface area (Å²) in [5.74, 6) is -0.298. The van der Waals surface area contributed by atoms with Crippen molar-refractivity contribution in [3.8, 4) is 0 Å². The lowest BCUT2D eigenvalue weighted by Crippen LogP contribution is -2.64. The van der Waals surface area contributed by atoms with Gasteiger partial charge >= 0.3 is 7.82 Å². The normalized spacial score (nSPS) is 20.1. The van der Waals surface area contributed by atoms with E-state index >= 15 is 0 Å². The van der Waals surface area contributed by atoms with Crippen molar-refractivity contribution >= 4 is 13.7 Å². The number of aliphatic hydroxyl groups is 6. The second-order valence-corrected chi connectivity index (χ2v) is 26.5. The summed E-state index contributed by atoms with van der Waals surface area (Å²) in [4.78, 5) is 23.7. The predicted octanol–water partition coefficient (Wildman–Crippen LogP) is 17.6. The largest absolute Gasteiger partial charge is 0.472 e. The molecule has 8 N–H and O–H groups in total. The van der Waals surface area contributed by atoms with Gasteiger partial charge in [-0.2, -0.15) is 0 Å². The molecule has 1 aliphatic carbocycles. The quantitative estimate of drug-likeness (QED) is 0.0212. The van der Waals surface area contributed by atoms with E-state index < -0.39 is 63.2 Å². The van der Waals surface area contributed by atoms with Gasteiger partial charge in [0.1, 0.15) is 36.6 Å². The van der Waals surface area contributed by atoms with E-state index in [1.807, 2.05) is 0 Å². The van der Waals surface area contributed by atoms with Crippen molar-refractivity contribution in [2.24, 2.45) is 0 Å². The Hall–Kier alpha value is -0.660. The van der Waals surface area contributed by atoms with Crippen LogP contribution in [0, 0.1) is 0 Å². The Morgan fingerprint density at radius 1 is 0.375 bits per heavy atom. The first kappa shape index (κ1) is 77.4. The second-order valence-electron chi connectivity index (χ2n) is 25.1. The summed E-state index contributed by atoms with van der Waals surface area (Å²) < 4.78 is 23.2. The number of unbranched alkanes of at least 4 members (excludes halogenated alkanes) is 51. The summed E-state index contributed by atoms with van der Waals surface area (Å²) in [6.45, 7) is 3.96. The van der Waals surface area contributed by atoms with Crippen LogP contribution in [0.15, 0.2) is 0 Å². The first-order valence-corrected chi connectivity index (χ1v) is 36.5. The van der Waals surface area contributed by atoms with Gasteiger partial charge in [-0.1, -0.05) is 348 Å². The minimum absolute atomic E-state index is 0.244. The van der Waals surface area contributed by atoms with Gasteiger partial charge in [0, 0.05) is 6.42 Å². The van der Waals surface area contributed by atoms with Gasteiger partial charge in [0.25, 0.3) is 0 Å². The lowest BCUT2D eigenvalue weighted by atomic mass is 9.85. The van der Waals surface area contributed by atoms with Crippen LogP contribution in [-0.4, -0.2) is 96.8 Å². The van der Waals surface area contributed by atoms with E-state index in [1.165, 1.54) is 289 Å². The van der Waals surface area contributed by atoms with Crippen molar-refractivity contribution in [2.45, 2.75) is 416 Å². The topological polar surface area (TPSA) is 206 Å². The zero-order valence-corrected chi connectivity index (χ0v) is 53.3. The van der Waals surface area contributed by atoms with Crippen LogP contribution in [-0.2, 0) is 18.4 Å². The fourth-order valence-electron chi connectivity index (χ4n) is 11.9. The number of hydrogen-bond acceptors (Lipinski definition) is 10. The van der Waals surface area contributed by atoms with Crippen molar-refractivity contribution in [1.82, 2.24) is 5.32 Å². The monoisotopic (exact) mass is 1160 g/mol. The number of carbonyl (C=O) groups excluding carboxylic acids is 1. The maximum atomic E-state index is 13.1. The van der Waals surface area contributed by atoms with Crippen molar-refractivity contribution in [3.63, 3.8) is 0 Å². The molecule has 0 aromatic heterocycles. The molecular weight excluding hydrogens is 1030 g/mol. The lowest BCUT2D eigenvalue weighted by molar-refractivity contribution is -0.220. The maximum Gasteiger partial charge on any atom is 0.472 e. The van der Waals surface area contributed by atoms with E-state index in [0.717, 1.165) is 38.5 Å². The Bertz CT molecular complexity index is 1350. The van der Waals surface area contributed by atoms with E-state index in [1.54, 1.807) is 0 Å². The minimum atomic E-state index is -5.06. The summed E-state index contributed by atoms with van der Waals surface area (Å²) in [5.41, 5.74) is 0. The molecule has 9 atom stereocenters. The number of carbonyl (C=O) groups is 1. The Labute approximate surface area is 493 Å². The van der Waals surface area contributed by atoms with Crippen LogP contribution < -0.4 is 5.32 Å². The van der Waals surface area contributed by atoms with Gasteiger partial charge in [-0.3, -0.25) is 13.8 Å². The highest BCUT2D eigenvalue weighted by molar-refractivity contribution is 7.47. The average Bonchev–Trinajstić information content (AvgIpc) is 3.48. The zero-order valence-electron chi connectivity index (χ0n) is 52.4. The fraction of sp³-hybridized carbons (Fsp3) is 0.985. The predicted molar refractivity (Wildman–Crippen MR) is 334 cm³/mol. The standard InChI is InChI=1S/C67H134NO11P/c1-3-5-7-9-11-13-15-17-19-21-22-23-24-25-26-27-28-29-30-31-32-33-34-35-36-37-38-39-41-43-45-47-49-51-53-55-57-61(70)68-59(58-78-80(76,77)79-67-65(74)63(72)62(71)64(73)66(67)75)60(69)56-54-52-50-48-46-44-42-40-20-18-16-14-12-10-8-6-4-2/h59-60,62-67,69,71-75H,3-58H2,1-2H3,(H,68,70)(H,76,77)/t59-,60+,62?,63+,64?,65?,66?,67?/m0/s1. The first-order valence-electron chi connectivity index (χ1n) is 35.0. The van der Waals surface area contributed by atoms with Gasteiger partial charge < -0.3 is 40.8 Å². The van der Waals surface area contributed by atoms with Crippen molar-refractivity contribution in [3.05, 3.63) is 0 Å². The van der Waals surface area contributed by atoms with Crippen LogP contribution >= 0.6 is 7.82 Å². The number of phosphoric acid groups is 1. The number of hydrogen-bond donors (Lipinski definition) is 8. The molecule has 0 spiro atoms. The first-order chi connectivity index (χ1) is 38.9. The molecule has 1 fully saturated rings. The molecule has 0 saturated heterocycles. The van der Waals surface area contributed by atoms with Gasteiger partial charge in [0.05, 0.1) is 18.8 Å². The smallest absolute Gasteiger partial charge is 0.391 e. The molecule has 1 saturated carbocycles. The van der Waals surface area contributed by atoms with Gasteiger partial charge in [0.2, 0.25) is 5.91 Å². The second kappa shape index (κ2) is 56.2. The van der Waals surface area contributed by atoms with Crippen LogP contribution in [0.4, 0.5) is 0 Å². The highest BCUT2D eigenvalue weighted by atomic mass is 31.2. The van der Waals surface area contributed by atoms with Gasteiger partial charge in [-0.15, -0.1) is 0 Å². The van der Waals surface area contributed by atoms with Crippen LogP contribution in [0.25, 0.3) is 0 Å². The van der Waals surface area contributed by atoms with E-state index in [9.17, 15) is 44.9 Å². The molecule has 6 unspecified atom stereocenters. The maximum absolute atomic E-state index is 13.1. The Morgan fingerprint density at radius 3 is 0.863 bits per heavy atom. The number of amides is 1. The highest BCUT2D eigenvalue weighted by Gasteiger charge is 2.51. The van der Waals surface area contributed by atoms with Crippen LogP contribution in [0.2, 0.25) is 0 Å². The van der Waals surface area contributed by atoms with Crippen molar-refractivity contribution < 1.29 is 53.9 Å². The van der Waals surface area contributed by atoms with Gasteiger partial charge in [-0.05, 0) is 12.8 Å². The zero-order chi connectivity index (χ0) is 58.4. The summed E-state index contributed by atoms with van der Waals surface area (Å²) in [6.07, 6.45) is 57.5. The molecule has 0 heterocycles. The lowest BCUT2D eigenvalue weighted by Gasteiger charge is -2.41. The minimum Gasteiger partial charge on any atom is -0.391 e. The van der Waals surface area contributed by atoms with Gasteiger partial charge in [0.15, 0.2) is 0 Å². The summed E-state index contributed by atoms with van der Waals surface area (Å²) in [6, 6.07) is -1.03. The molecule has 0 aliphatic heterocycles. The molecule has 0 bridgehead atoms. The molecule has 0 aromatic rings. The summed E-state index contributed by atoms with van der Waals surface area (Å²) in [7, 11) is -5.06. The van der Waals surface area contributed by atoms with E-state index in [0.29, 0.717) is 19.3 Å². The third kappa shape index (κ3) is 45.7. The Morgan fingerprint density at radius 2 is 0.600 bits per heavy atom. The molecule has 1 amide bonds. The number of aliphatic hydroxyl groups excluding tert-OH is 6. The van der Waals surface area contributed by atoms with Crippen LogP contribution in [0.5, 0.6) is 0 Å². The molecule has 80 heavy (non-hydrogen) atoms. The van der Waals surface area contributed by atoms with Gasteiger partial charge in [-0.25, -0.2) is 4.57 Å². The molecule has 478 valence electrons. The molecule has 0 aromatic carbocycles. The fourth-order valence-corrected chi connectivity index (χ4v) is 12.8. The van der Waals surface area contributed by atoms with E-state index in [4.69, 9.17) is 9.05 Å². The molecule has 13 heteroatoms. The van der Waals surface area contributed by atoms with Crippen LogP contribution in [0.3, 0.4) is 0 Å². The highest BCUT2D eigenvalue weighted by Crippen LogP contribution is 2.47. The third-order valence-electron chi connectivity index (χ3n) is 17.4. The summed E-state index contributed by atoms with van der Waals surface area (Å²) >= 11 is 0. The van der Waals surface area contributed by atoms with Crippen LogP contribution in [0.1, 0.15) is 367 Å². The molecule has 1 aliphatic rings. The number of rotatable bonds is 62. The third-order valence-corrected chi connectivity index (χ3v) is 18.4. The molecule has 0 radical (unpaired) electrons. The van der Waals surface area contributed by atoms with Crippen molar-refractivity contribution in [1.29, 1.82) is 0 Å². The average molecular weight is 1160 g/mol. The molecule has 1 rings (SSSR count). The number of nitrogens with one attached hydrogen (secondary N) is 1. The Kier molecular flexibility index (Phi) is 54.3. The summed E-state index contributed by atoms with van der Waals surface area (Å²) in [5, 5.41) is 64.7. The molecule has 12 nitrogen and oxygen atoms in total. The molecular formula is C67H134NO11P.